The van der Waals surface area contributed by atoms with Gasteiger partial charge in [0.15, 0.2) is 0 Å². The van der Waals surface area contributed by atoms with Crippen molar-refractivity contribution in [1.29, 1.82) is 0 Å². The number of hydrogen-bond acceptors (Lipinski definition) is 3. The maximum Gasteiger partial charge on any atom is 0.0821 e. The zero-order valence-electron chi connectivity index (χ0n) is 10.8. The molecule has 1 unspecified atom stereocenters. The Morgan fingerprint density at radius 1 is 1.28 bits per heavy atom. The molecule has 1 aromatic carbocycles. The van der Waals surface area contributed by atoms with Gasteiger partial charge in [0.2, 0.25) is 0 Å². The molecule has 1 atom stereocenters. The fourth-order valence-electron chi connectivity index (χ4n) is 3.42. The van der Waals surface area contributed by atoms with E-state index >= 15 is 0 Å². The van der Waals surface area contributed by atoms with E-state index in [0.717, 1.165) is 45.2 Å². The Kier molecular flexibility index (Phi) is 3.04. The molecule has 0 bridgehead atoms. The number of nitrogens with two attached hydrogens (primary N) is 1. The van der Waals surface area contributed by atoms with Crippen LogP contribution in [0.4, 0.5) is 5.69 Å². The van der Waals surface area contributed by atoms with E-state index in [4.69, 9.17) is 5.73 Å². The summed E-state index contributed by atoms with van der Waals surface area (Å²) in [5.41, 5.74) is 8.22. The monoisotopic (exact) mass is 246 g/mol. The molecule has 0 spiro atoms. The molecule has 3 rings (SSSR count). The van der Waals surface area contributed by atoms with Crippen LogP contribution in [0, 0.1) is 0 Å². The second-order valence-corrected chi connectivity index (χ2v) is 5.90. The van der Waals surface area contributed by atoms with Crippen LogP contribution in [0.1, 0.15) is 31.2 Å². The summed E-state index contributed by atoms with van der Waals surface area (Å²) in [5, 5.41) is 10.6. The number of rotatable bonds is 2. The van der Waals surface area contributed by atoms with Crippen LogP contribution < -0.4 is 10.6 Å². The molecular formula is C15H22N2O. The first kappa shape index (κ1) is 12.0. The van der Waals surface area contributed by atoms with Gasteiger partial charge in [-0.2, -0.15) is 0 Å². The van der Waals surface area contributed by atoms with Gasteiger partial charge in [0, 0.05) is 24.8 Å². The van der Waals surface area contributed by atoms with E-state index in [1.165, 1.54) is 11.3 Å². The number of aliphatic hydroxyl groups is 1. The Hall–Kier alpha value is -1.06. The summed E-state index contributed by atoms with van der Waals surface area (Å²) in [4.78, 5) is 2.29. The Morgan fingerprint density at radius 2 is 2.00 bits per heavy atom. The molecule has 3 nitrogen and oxygen atoms in total. The van der Waals surface area contributed by atoms with Crippen molar-refractivity contribution in [2.75, 3.05) is 18.0 Å². The molecule has 0 saturated heterocycles. The lowest BCUT2D eigenvalue weighted by Gasteiger charge is -2.39. The predicted molar refractivity (Wildman–Crippen MR) is 73.8 cm³/mol. The van der Waals surface area contributed by atoms with Crippen LogP contribution in [0.3, 0.4) is 0 Å². The van der Waals surface area contributed by atoms with E-state index in [1.54, 1.807) is 0 Å². The van der Waals surface area contributed by atoms with Crippen molar-refractivity contribution < 1.29 is 5.11 Å². The van der Waals surface area contributed by atoms with E-state index in [-0.39, 0.29) is 6.04 Å². The highest BCUT2D eigenvalue weighted by Gasteiger charge is 2.35. The van der Waals surface area contributed by atoms with Crippen molar-refractivity contribution in [2.24, 2.45) is 5.73 Å². The largest absolute Gasteiger partial charge is 0.388 e. The summed E-state index contributed by atoms with van der Waals surface area (Å²) in [6.07, 6.45) is 5.11. The second kappa shape index (κ2) is 4.56. The molecule has 1 heterocycles. The average Bonchev–Trinajstić information content (AvgIpc) is 2.75. The third-order valence-electron chi connectivity index (χ3n) is 4.29. The molecule has 1 fully saturated rings. The van der Waals surface area contributed by atoms with E-state index < -0.39 is 5.60 Å². The lowest BCUT2D eigenvalue weighted by molar-refractivity contribution is 0.0542. The van der Waals surface area contributed by atoms with E-state index in [1.807, 2.05) is 0 Å². The first-order valence-corrected chi connectivity index (χ1v) is 6.97. The maximum atomic E-state index is 10.6. The highest BCUT2D eigenvalue weighted by Crippen LogP contribution is 2.34. The zero-order valence-corrected chi connectivity index (χ0v) is 10.8. The van der Waals surface area contributed by atoms with Crippen LogP contribution in [0.2, 0.25) is 0 Å². The minimum absolute atomic E-state index is 0.185. The molecule has 0 amide bonds. The number of fused-ring (bicyclic) bond motifs is 1. The van der Waals surface area contributed by atoms with Gasteiger partial charge in [-0.25, -0.2) is 0 Å². The SMILES string of the molecule is NC1Cc2ccccc2N(CC2(O)CCCC2)C1. The second-order valence-electron chi connectivity index (χ2n) is 5.90. The van der Waals surface area contributed by atoms with Crippen molar-refractivity contribution >= 4 is 5.69 Å². The summed E-state index contributed by atoms with van der Waals surface area (Å²) in [7, 11) is 0. The number of β-amino-alcohol motifs (C(OH)–C–C–N with tert-alkyl or cyclic N) is 1. The Morgan fingerprint density at radius 3 is 2.78 bits per heavy atom. The topological polar surface area (TPSA) is 49.5 Å². The summed E-state index contributed by atoms with van der Waals surface area (Å²) in [6.45, 7) is 1.59. The lowest BCUT2D eigenvalue weighted by Crippen LogP contribution is -2.49. The molecule has 0 aromatic heterocycles. The van der Waals surface area contributed by atoms with Crippen LogP contribution in [-0.4, -0.2) is 29.8 Å². The van der Waals surface area contributed by atoms with E-state index in [9.17, 15) is 5.11 Å². The highest BCUT2D eigenvalue weighted by molar-refractivity contribution is 5.56. The molecule has 1 aliphatic heterocycles. The van der Waals surface area contributed by atoms with Crippen LogP contribution in [-0.2, 0) is 6.42 Å². The molecule has 3 N–H and O–H groups in total. The van der Waals surface area contributed by atoms with E-state index in [2.05, 4.69) is 29.2 Å². The van der Waals surface area contributed by atoms with Crippen LogP contribution in [0.15, 0.2) is 24.3 Å². The molecule has 1 saturated carbocycles. The van der Waals surface area contributed by atoms with Gasteiger partial charge >= 0.3 is 0 Å². The lowest BCUT2D eigenvalue weighted by atomic mass is 9.95. The minimum atomic E-state index is -0.496. The number of anilines is 1. The Balaban J connectivity index is 1.84. The van der Waals surface area contributed by atoms with Crippen molar-refractivity contribution in [3.8, 4) is 0 Å². The molecule has 3 heteroatoms. The molecule has 2 aliphatic rings. The molecule has 0 radical (unpaired) electrons. The van der Waals surface area contributed by atoms with Crippen molar-refractivity contribution in [1.82, 2.24) is 0 Å². The van der Waals surface area contributed by atoms with Gasteiger partial charge in [0.25, 0.3) is 0 Å². The van der Waals surface area contributed by atoms with Gasteiger partial charge in [-0.15, -0.1) is 0 Å². The van der Waals surface area contributed by atoms with Crippen molar-refractivity contribution in [3.63, 3.8) is 0 Å². The number of benzene rings is 1. The first-order chi connectivity index (χ1) is 8.66. The van der Waals surface area contributed by atoms with Crippen molar-refractivity contribution in [3.05, 3.63) is 29.8 Å². The fraction of sp³-hybridized carbons (Fsp3) is 0.600. The molecular weight excluding hydrogens is 224 g/mol. The number of para-hydroxylation sites is 1. The first-order valence-electron chi connectivity index (χ1n) is 6.97. The summed E-state index contributed by atoms with van der Waals surface area (Å²) in [5.74, 6) is 0. The van der Waals surface area contributed by atoms with Gasteiger partial charge in [-0.05, 0) is 30.9 Å². The van der Waals surface area contributed by atoms with Gasteiger partial charge in [0.05, 0.1) is 5.60 Å². The summed E-state index contributed by atoms with van der Waals surface area (Å²) in [6, 6.07) is 8.63. The molecule has 18 heavy (non-hydrogen) atoms. The Labute approximate surface area is 109 Å². The quantitative estimate of drug-likeness (QED) is 0.834. The van der Waals surface area contributed by atoms with Gasteiger partial charge in [-0.1, -0.05) is 31.0 Å². The average molecular weight is 246 g/mol. The summed E-state index contributed by atoms with van der Waals surface area (Å²) < 4.78 is 0. The number of hydrogen-bond donors (Lipinski definition) is 2. The summed E-state index contributed by atoms with van der Waals surface area (Å²) >= 11 is 0. The molecule has 98 valence electrons. The van der Waals surface area contributed by atoms with Crippen LogP contribution >= 0.6 is 0 Å². The van der Waals surface area contributed by atoms with Gasteiger partial charge in [0.1, 0.15) is 0 Å². The third-order valence-corrected chi connectivity index (χ3v) is 4.29. The predicted octanol–water partition coefficient (Wildman–Crippen LogP) is 1.68. The standard InChI is InChI=1S/C15H22N2O/c16-13-9-12-5-1-2-6-14(12)17(10-13)11-15(18)7-3-4-8-15/h1-2,5-6,13,18H,3-4,7-11,16H2. The van der Waals surface area contributed by atoms with Crippen molar-refractivity contribution in [2.45, 2.75) is 43.7 Å². The molecule has 1 aromatic rings. The smallest absolute Gasteiger partial charge is 0.0821 e. The fourth-order valence-corrected chi connectivity index (χ4v) is 3.42. The number of nitrogens with zero attached hydrogens (tertiary/aromatic N) is 1. The zero-order chi connectivity index (χ0) is 12.6. The van der Waals surface area contributed by atoms with Gasteiger partial charge < -0.3 is 15.7 Å². The highest BCUT2D eigenvalue weighted by atomic mass is 16.3. The third kappa shape index (κ3) is 2.25. The van der Waals surface area contributed by atoms with Crippen LogP contribution in [0.5, 0.6) is 0 Å². The van der Waals surface area contributed by atoms with E-state index in [0.29, 0.717) is 0 Å². The van der Waals surface area contributed by atoms with Crippen LogP contribution in [0.25, 0.3) is 0 Å². The molecule has 1 aliphatic carbocycles. The maximum absolute atomic E-state index is 10.6. The Bertz CT molecular complexity index is 426. The minimum Gasteiger partial charge on any atom is -0.388 e. The van der Waals surface area contributed by atoms with Gasteiger partial charge in [-0.3, -0.25) is 0 Å². The normalized spacial score (nSPS) is 26.1.